The quantitative estimate of drug-likeness (QED) is 0.695. The van der Waals surface area contributed by atoms with Crippen molar-refractivity contribution in [2.24, 2.45) is 0 Å². The Morgan fingerprint density at radius 2 is 1.88 bits per heavy atom. The highest BCUT2D eigenvalue weighted by molar-refractivity contribution is 7.13. The first kappa shape index (κ1) is 9.30. The van der Waals surface area contributed by atoms with Crippen LogP contribution < -0.4 is 5.73 Å². The molecule has 0 saturated carbocycles. The second-order valence-corrected chi connectivity index (χ2v) is 4.37. The van der Waals surface area contributed by atoms with Crippen molar-refractivity contribution in [1.29, 1.82) is 0 Å². The molecule has 0 aliphatic heterocycles. The smallest absolute Gasteiger partial charge is 0.221 e. The van der Waals surface area contributed by atoms with Crippen LogP contribution >= 0.6 is 11.3 Å². The number of thiophene rings is 1. The maximum atomic E-state index is 5.71. The summed E-state index contributed by atoms with van der Waals surface area (Å²) >= 11 is 1.65. The van der Waals surface area contributed by atoms with E-state index in [-0.39, 0.29) is 0 Å². The molecule has 3 rings (SSSR count). The van der Waals surface area contributed by atoms with Crippen LogP contribution in [0.4, 0.5) is 5.95 Å². The summed E-state index contributed by atoms with van der Waals surface area (Å²) in [4.78, 5) is 9.65. The Hall–Kier alpha value is -1.94. The average Bonchev–Trinajstić information content (AvgIpc) is 2.81. The van der Waals surface area contributed by atoms with E-state index in [4.69, 9.17) is 5.73 Å². The molecule has 3 nitrogen and oxygen atoms in total. The van der Waals surface area contributed by atoms with Gasteiger partial charge in [-0.15, -0.1) is 11.3 Å². The van der Waals surface area contributed by atoms with Crippen LogP contribution in [0.15, 0.2) is 41.8 Å². The van der Waals surface area contributed by atoms with Crippen molar-refractivity contribution in [2.75, 3.05) is 5.73 Å². The Kier molecular flexibility index (Phi) is 2.08. The monoisotopic (exact) mass is 227 g/mol. The summed E-state index contributed by atoms with van der Waals surface area (Å²) in [5, 5.41) is 3.07. The van der Waals surface area contributed by atoms with Gasteiger partial charge < -0.3 is 5.73 Å². The highest BCUT2D eigenvalue weighted by Crippen LogP contribution is 2.29. The van der Waals surface area contributed by atoms with E-state index in [1.54, 1.807) is 11.3 Å². The fourth-order valence-electron chi connectivity index (χ4n) is 1.70. The first-order valence-electron chi connectivity index (χ1n) is 4.91. The SMILES string of the molecule is Nc1nc(-c2cccs2)c2ccccc2n1. The molecular weight excluding hydrogens is 218 g/mol. The molecule has 78 valence electrons. The number of hydrogen-bond acceptors (Lipinski definition) is 4. The Bertz CT molecular complexity index is 632. The van der Waals surface area contributed by atoms with Crippen LogP contribution in [0.2, 0.25) is 0 Å². The number of nitrogen functional groups attached to an aromatic ring is 1. The Balaban J connectivity index is 2.39. The van der Waals surface area contributed by atoms with Crippen LogP contribution in [0.3, 0.4) is 0 Å². The van der Waals surface area contributed by atoms with E-state index in [0.29, 0.717) is 5.95 Å². The first-order valence-corrected chi connectivity index (χ1v) is 5.79. The van der Waals surface area contributed by atoms with Crippen LogP contribution in [0, 0.1) is 0 Å². The van der Waals surface area contributed by atoms with E-state index in [0.717, 1.165) is 21.5 Å². The standard InChI is InChI=1S/C12H9N3S/c13-12-14-9-5-2-1-4-8(9)11(15-12)10-6-3-7-16-10/h1-7H,(H2,13,14,15). The van der Waals surface area contributed by atoms with Crippen LogP contribution in [-0.2, 0) is 0 Å². The molecule has 4 heteroatoms. The predicted molar refractivity (Wildman–Crippen MR) is 67.3 cm³/mol. The molecule has 3 aromatic rings. The molecule has 0 aliphatic carbocycles. The molecule has 0 aliphatic rings. The van der Waals surface area contributed by atoms with Gasteiger partial charge in [-0.3, -0.25) is 0 Å². The first-order chi connectivity index (χ1) is 7.84. The Morgan fingerprint density at radius 1 is 1.00 bits per heavy atom. The van der Waals surface area contributed by atoms with Crippen molar-refractivity contribution in [1.82, 2.24) is 9.97 Å². The Labute approximate surface area is 96.6 Å². The van der Waals surface area contributed by atoms with Gasteiger partial charge in [0.15, 0.2) is 0 Å². The van der Waals surface area contributed by atoms with Gasteiger partial charge in [0.1, 0.15) is 0 Å². The van der Waals surface area contributed by atoms with Gasteiger partial charge in [0, 0.05) is 5.39 Å². The van der Waals surface area contributed by atoms with Crippen molar-refractivity contribution >= 4 is 28.2 Å². The lowest BCUT2D eigenvalue weighted by molar-refractivity contribution is 1.25. The average molecular weight is 227 g/mol. The van der Waals surface area contributed by atoms with E-state index < -0.39 is 0 Å². The van der Waals surface area contributed by atoms with Gasteiger partial charge in [0.25, 0.3) is 0 Å². The number of fused-ring (bicyclic) bond motifs is 1. The molecule has 0 atom stereocenters. The summed E-state index contributed by atoms with van der Waals surface area (Å²) in [6, 6.07) is 12.0. The summed E-state index contributed by atoms with van der Waals surface area (Å²) in [5.41, 5.74) is 7.52. The third-order valence-corrected chi connectivity index (χ3v) is 3.25. The molecule has 0 unspecified atom stereocenters. The number of nitrogens with two attached hydrogens (primary N) is 1. The number of para-hydroxylation sites is 1. The number of anilines is 1. The molecule has 0 amide bonds. The number of nitrogens with zero attached hydrogens (tertiary/aromatic N) is 2. The van der Waals surface area contributed by atoms with Crippen LogP contribution in [-0.4, -0.2) is 9.97 Å². The van der Waals surface area contributed by atoms with Crippen LogP contribution in [0.25, 0.3) is 21.5 Å². The zero-order valence-corrected chi connectivity index (χ0v) is 9.24. The lowest BCUT2D eigenvalue weighted by Gasteiger charge is -2.04. The van der Waals surface area contributed by atoms with E-state index in [1.807, 2.05) is 41.8 Å². The molecular formula is C12H9N3S. The van der Waals surface area contributed by atoms with E-state index in [1.165, 1.54) is 0 Å². The maximum Gasteiger partial charge on any atom is 0.221 e. The molecule has 2 aromatic heterocycles. The Morgan fingerprint density at radius 3 is 2.69 bits per heavy atom. The summed E-state index contributed by atoms with van der Waals surface area (Å²) < 4.78 is 0. The van der Waals surface area contributed by atoms with Gasteiger partial charge in [0.2, 0.25) is 5.95 Å². The molecule has 16 heavy (non-hydrogen) atoms. The number of rotatable bonds is 1. The van der Waals surface area contributed by atoms with E-state index >= 15 is 0 Å². The second-order valence-electron chi connectivity index (χ2n) is 3.42. The van der Waals surface area contributed by atoms with E-state index in [9.17, 15) is 0 Å². The van der Waals surface area contributed by atoms with Gasteiger partial charge in [-0.05, 0) is 17.5 Å². The van der Waals surface area contributed by atoms with Crippen LogP contribution in [0.1, 0.15) is 0 Å². The zero-order chi connectivity index (χ0) is 11.0. The summed E-state index contributed by atoms with van der Waals surface area (Å²) in [7, 11) is 0. The fraction of sp³-hybridized carbons (Fsp3) is 0. The van der Waals surface area contributed by atoms with Crippen molar-refractivity contribution < 1.29 is 0 Å². The largest absolute Gasteiger partial charge is 0.368 e. The van der Waals surface area contributed by atoms with Gasteiger partial charge >= 0.3 is 0 Å². The van der Waals surface area contributed by atoms with E-state index in [2.05, 4.69) is 9.97 Å². The van der Waals surface area contributed by atoms with Crippen molar-refractivity contribution in [2.45, 2.75) is 0 Å². The van der Waals surface area contributed by atoms with Gasteiger partial charge in [0.05, 0.1) is 16.1 Å². The highest BCUT2D eigenvalue weighted by Gasteiger charge is 2.08. The number of hydrogen-bond donors (Lipinski definition) is 1. The number of aromatic nitrogens is 2. The minimum atomic E-state index is 0.321. The molecule has 2 heterocycles. The molecule has 0 spiro atoms. The summed E-state index contributed by atoms with van der Waals surface area (Å²) in [6.07, 6.45) is 0. The molecule has 1 aromatic carbocycles. The second kappa shape index (κ2) is 3.57. The minimum Gasteiger partial charge on any atom is -0.368 e. The fourth-order valence-corrected chi connectivity index (χ4v) is 2.42. The lowest BCUT2D eigenvalue weighted by atomic mass is 10.1. The summed E-state index contributed by atoms with van der Waals surface area (Å²) in [5.74, 6) is 0.321. The topological polar surface area (TPSA) is 51.8 Å². The maximum absolute atomic E-state index is 5.71. The third kappa shape index (κ3) is 1.44. The number of benzene rings is 1. The molecule has 0 radical (unpaired) electrons. The molecule has 0 fully saturated rings. The predicted octanol–water partition coefficient (Wildman–Crippen LogP) is 2.94. The highest BCUT2D eigenvalue weighted by atomic mass is 32.1. The summed E-state index contributed by atoms with van der Waals surface area (Å²) in [6.45, 7) is 0. The van der Waals surface area contributed by atoms with Gasteiger partial charge in [-0.25, -0.2) is 9.97 Å². The van der Waals surface area contributed by atoms with Gasteiger partial charge in [-0.1, -0.05) is 24.3 Å². The van der Waals surface area contributed by atoms with Crippen LogP contribution in [0.5, 0.6) is 0 Å². The van der Waals surface area contributed by atoms with Crippen molar-refractivity contribution in [3.05, 3.63) is 41.8 Å². The normalized spacial score (nSPS) is 10.8. The molecule has 0 saturated heterocycles. The lowest BCUT2D eigenvalue weighted by Crippen LogP contribution is -1.97. The third-order valence-electron chi connectivity index (χ3n) is 2.38. The molecule has 0 bridgehead atoms. The van der Waals surface area contributed by atoms with Gasteiger partial charge in [-0.2, -0.15) is 0 Å². The van der Waals surface area contributed by atoms with Crippen molar-refractivity contribution in [3.8, 4) is 10.6 Å². The molecule has 2 N–H and O–H groups in total. The van der Waals surface area contributed by atoms with Crippen molar-refractivity contribution in [3.63, 3.8) is 0 Å². The zero-order valence-electron chi connectivity index (χ0n) is 8.42. The minimum absolute atomic E-state index is 0.321.